The minimum absolute atomic E-state index is 0.509. The number of benzene rings is 1. The third-order valence-corrected chi connectivity index (χ3v) is 4.89. The standard InChI is InChI=1S/C22H34N2/c1-16(2)20-12-9-13-21(17(3)4)22(20)24-18(5)14-15-23-19-10-7-6-8-11-19/h9,12-17,19,24H,6-8,10-11H2,1-5H3. The molecule has 1 N–H and O–H groups in total. The lowest BCUT2D eigenvalue weighted by molar-refractivity contribution is 0.444. The average molecular weight is 327 g/mol. The van der Waals surface area contributed by atoms with E-state index in [0.717, 1.165) is 5.70 Å². The predicted molar refractivity (Wildman–Crippen MR) is 107 cm³/mol. The number of rotatable bonds is 6. The van der Waals surface area contributed by atoms with Crippen LogP contribution in [0.5, 0.6) is 0 Å². The fourth-order valence-electron chi connectivity index (χ4n) is 3.44. The van der Waals surface area contributed by atoms with Gasteiger partial charge in [0.15, 0.2) is 0 Å². The Morgan fingerprint density at radius 3 is 2.17 bits per heavy atom. The molecule has 0 bridgehead atoms. The molecule has 0 saturated heterocycles. The molecule has 2 heteroatoms. The Morgan fingerprint density at radius 2 is 1.62 bits per heavy atom. The van der Waals surface area contributed by atoms with E-state index in [9.17, 15) is 0 Å². The van der Waals surface area contributed by atoms with Gasteiger partial charge in [0.1, 0.15) is 0 Å². The smallest absolute Gasteiger partial charge is 0.0499 e. The van der Waals surface area contributed by atoms with E-state index < -0.39 is 0 Å². The van der Waals surface area contributed by atoms with Crippen molar-refractivity contribution in [1.29, 1.82) is 0 Å². The van der Waals surface area contributed by atoms with E-state index in [4.69, 9.17) is 4.99 Å². The molecule has 0 aromatic heterocycles. The first-order valence-electron chi connectivity index (χ1n) is 9.59. The van der Waals surface area contributed by atoms with Crippen LogP contribution in [0.1, 0.15) is 89.7 Å². The van der Waals surface area contributed by atoms with E-state index in [1.807, 2.05) is 6.21 Å². The van der Waals surface area contributed by atoms with Gasteiger partial charge in [-0.05, 0) is 48.8 Å². The van der Waals surface area contributed by atoms with Gasteiger partial charge >= 0.3 is 0 Å². The molecule has 24 heavy (non-hydrogen) atoms. The third kappa shape index (κ3) is 5.22. The molecule has 1 aliphatic rings. The van der Waals surface area contributed by atoms with Crippen molar-refractivity contribution in [3.63, 3.8) is 0 Å². The number of para-hydroxylation sites is 1. The highest BCUT2D eigenvalue weighted by molar-refractivity contribution is 5.74. The second-order valence-corrected chi connectivity index (χ2v) is 7.69. The number of hydrogen-bond donors (Lipinski definition) is 1. The molecule has 1 aromatic rings. The van der Waals surface area contributed by atoms with E-state index in [0.29, 0.717) is 17.9 Å². The Hall–Kier alpha value is -1.57. The van der Waals surface area contributed by atoms with Crippen LogP contribution in [0.3, 0.4) is 0 Å². The summed E-state index contributed by atoms with van der Waals surface area (Å²) in [5, 5.41) is 3.65. The molecule has 0 unspecified atom stereocenters. The van der Waals surface area contributed by atoms with Crippen LogP contribution >= 0.6 is 0 Å². The number of anilines is 1. The number of nitrogens with zero attached hydrogens (tertiary/aromatic N) is 1. The van der Waals surface area contributed by atoms with Crippen LogP contribution in [-0.4, -0.2) is 12.3 Å². The lowest BCUT2D eigenvalue weighted by Gasteiger charge is -2.21. The molecule has 132 valence electrons. The summed E-state index contributed by atoms with van der Waals surface area (Å²) in [5.74, 6) is 1.02. The first-order chi connectivity index (χ1) is 11.5. The molecule has 1 aliphatic carbocycles. The minimum Gasteiger partial charge on any atom is -0.359 e. The van der Waals surface area contributed by atoms with Gasteiger partial charge in [0, 0.05) is 23.6 Å². The lowest BCUT2D eigenvalue weighted by Crippen LogP contribution is -2.09. The van der Waals surface area contributed by atoms with E-state index in [1.54, 1.807) is 0 Å². The minimum atomic E-state index is 0.509. The van der Waals surface area contributed by atoms with Gasteiger partial charge in [0.05, 0.1) is 0 Å². The first-order valence-corrected chi connectivity index (χ1v) is 9.59. The fourth-order valence-corrected chi connectivity index (χ4v) is 3.44. The maximum absolute atomic E-state index is 4.74. The van der Waals surface area contributed by atoms with Gasteiger partial charge in [-0.2, -0.15) is 0 Å². The molecule has 2 nitrogen and oxygen atoms in total. The van der Waals surface area contributed by atoms with Crippen molar-refractivity contribution >= 4 is 11.9 Å². The van der Waals surface area contributed by atoms with Crippen LogP contribution in [0.4, 0.5) is 5.69 Å². The van der Waals surface area contributed by atoms with Gasteiger partial charge in [-0.25, -0.2) is 0 Å². The highest BCUT2D eigenvalue weighted by Gasteiger charge is 2.13. The maximum Gasteiger partial charge on any atom is 0.0499 e. The molecular formula is C22H34N2. The SMILES string of the molecule is CC(=CC=NC1CCCCC1)Nc1c(C(C)C)cccc1C(C)C. The molecule has 0 aliphatic heterocycles. The molecular weight excluding hydrogens is 292 g/mol. The molecule has 0 radical (unpaired) electrons. The van der Waals surface area contributed by atoms with Crippen LogP contribution in [-0.2, 0) is 0 Å². The topological polar surface area (TPSA) is 24.4 Å². The van der Waals surface area contributed by atoms with Crippen molar-refractivity contribution < 1.29 is 0 Å². The Bertz CT molecular complexity index is 549. The van der Waals surface area contributed by atoms with Crippen molar-refractivity contribution in [3.8, 4) is 0 Å². The highest BCUT2D eigenvalue weighted by atomic mass is 14.9. The summed E-state index contributed by atoms with van der Waals surface area (Å²) in [7, 11) is 0. The van der Waals surface area contributed by atoms with Gasteiger partial charge in [-0.15, -0.1) is 0 Å². The highest BCUT2D eigenvalue weighted by Crippen LogP contribution is 2.33. The second kappa shape index (κ2) is 9.05. The number of aliphatic imine (C=N–C) groups is 1. The molecule has 0 spiro atoms. The Kier molecular flexibility index (Phi) is 7.08. The number of hydrogen-bond acceptors (Lipinski definition) is 2. The number of allylic oxidation sites excluding steroid dienone is 2. The van der Waals surface area contributed by atoms with Crippen molar-refractivity contribution in [3.05, 3.63) is 41.1 Å². The third-order valence-electron chi connectivity index (χ3n) is 4.89. The molecule has 1 fully saturated rings. The summed E-state index contributed by atoms with van der Waals surface area (Å²) in [4.78, 5) is 4.74. The normalized spacial score (nSPS) is 17.2. The van der Waals surface area contributed by atoms with Crippen LogP contribution in [0.15, 0.2) is 35.0 Å². The zero-order chi connectivity index (χ0) is 17.5. The van der Waals surface area contributed by atoms with Gasteiger partial charge in [0.2, 0.25) is 0 Å². The molecule has 1 aromatic carbocycles. The Morgan fingerprint density at radius 1 is 1.04 bits per heavy atom. The molecule has 1 saturated carbocycles. The zero-order valence-electron chi connectivity index (χ0n) is 16.1. The monoisotopic (exact) mass is 326 g/mol. The Labute approximate surface area is 148 Å². The van der Waals surface area contributed by atoms with Gasteiger partial charge in [-0.3, -0.25) is 4.99 Å². The van der Waals surface area contributed by atoms with E-state index >= 15 is 0 Å². The van der Waals surface area contributed by atoms with E-state index in [-0.39, 0.29) is 0 Å². The van der Waals surface area contributed by atoms with Gasteiger partial charge in [0.25, 0.3) is 0 Å². The lowest BCUT2D eigenvalue weighted by atomic mass is 9.92. The van der Waals surface area contributed by atoms with Crippen molar-refractivity contribution in [2.45, 2.75) is 84.6 Å². The molecule has 0 heterocycles. The molecule has 2 rings (SSSR count). The summed E-state index contributed by atoms with van der Waals surface area (Å²) < 4.78 is 0. The largest absolute Gasteiger partial charge is 0.359 e. The van der Waals surface area contributed by atoms with Crippen molar-refractivity contribution in [1.82, 2.24) is 0 Å². The second-order valence-electron chi connectivity index (χ2n) is 7.69. The fraction of sp³-hybridized carbons (Fsp3) is 0.591. The van der Waals surface area contributed by atoms with Crippen LogP contribution < -0.4 is 5.32 Å². The summed E-state index contributed by atoms with van der Waals surface area (Å²) in [6.07, 6.45) is 10.7. The van der Waals surface area contributed by atoms with Crippen LogP contribution in [0.25, 0.3) is 0 Å². The summed E-state index contributed by atoms with van der Waals surface area (Å²) in [5.41, 5.74) is 5.21. The summed E-state index contributed by atoms with van der Waals surface area (Å²) >= 11 is 0. The predicted octanol–water partition coefficient (Wildman–Crippen LogP) is 6.65. The van der Waals surface area contributed by atoms with Gasteiger partial charge in [-0.1, -0.05) is 65.2 Å². The van der Waals surface area contributed by atoms with Crippen molar-refractivity contribution in [2.24, 2.45) is 4.99 Å². The van der Waals surface area contributed by atoms with Crippen LogP contribution in [0, 0.1) is 0 Å². The van der Waals surface area contributed by atoms with E-state index in [1.165, 1.54) is 48.9 Å². The molecule has 0 atom stereocenters. The summed E-state index contributed by atoms with van der Waals surface area (Å²) in [6, 6.07) is 7.20. The van der Waals surface area contributed by atoms with Gasteiger partial charge < -0.3 is 5.32 Å². The zero-order valence-corrected chi connectivity index (χ0v) is 16.1. The first kappa shape index (κ1) is 18.8. The average Bonchev–Trinajstić information content (AvgIpc) is 2.55. The summed E-state index contributed by atoms with van der Waals surface area (Å²) in [6.45, 7) is 11.2. The van der Waals surface area contributed by atoms with Crippen LogP contribution in [0.2, 0.25) is 0 Å². The van der Waals surface area contributed by atoms with E-state index in [2.05, 4.69) is 64.2 Å². The Balaban J connectivity index is 2.13. The maximum atomic E-state index is 4.74. The quantitative estimate of drug-likeness (QED) is 0.581. The van der Waals surface area contributed by atoms with Crippen molar-refractivity contribution in [2.75, 3.05) is 5.32 Å². The number of nitrogens with one attached hydrogen (secondary N) is 1. The molecule has 0 amide bonds.